The molecule has 1 aromatic carbocycles. The van der Waals surface area contributed by atoms with Crippen molar-refractivity contribution < 1.29 is 14.2 Å². The molecule has 0 saturated heterocycles. The molecule has 1 unspecified atom stereocenters. The zero-order chi connectivity index (χ0) is 13.7. The van der Waals surface area contributed by atoms with Gasteiger partial charge < -0.3 is 9.84 Å². The molecule has 1 atom stereocenters. The second kappa shape index (κ2) is 6.29. The van der Waals surface area contributed by atoms with Gasteiger partial charge in [-0.05, 0) is 36.6 Å². The Bertz CT molecular complexity index is 531. The van der Waals surface area contributed by atoms with Crippen molar-refractivity contribution in [3.05, 3.63) is 59.7 Å². The summed E-state index contributed by atoms with van der Waals surface area (Å²) in [6.45, 7) is 0. The summed E-state index contributed by atoms with van der Waals surface area (Å²) in [6, 6.07) is 8.26. The van der Waals surface area contributed by atoms with Crippen LogP contribution in [0.15, 0.2) is 42.7 Å². The summed E-state index contributed by atoms with van der Waals surface area (Å²) in [6.07, 6.45) is 3.72. The number of aryl methyl sites for hydroxylation is 1. The van der Waals surface area contributed by atoms with Gasteiger partial charge in [-0.25, -0.2) is 4.39 Å². The maximum absolute atomic E-state index is 13.8. The topological polar surface area (TPSA) is 42.4 Å². The molecule has 0 aliphatic heterocycles. The highest BCUT2D eigenvalue weighted by molar-refractivity contribution is 5.30. The van der Waals surface area contributed by atoms with Crippen LogP contribution in [-0.4, -0.2) is 17.2 Å². The molecule has 3 nitrogen and oxygen atoms in total. The van der Waals surface area contributed by atoms with Crippen molar-refractivity contribution in [2.45, 2.75) is 18.9 Å². The Kier molecular flexibility index (Phi) is 4.47. The van der Waals surface area contributed by atoms with Crippen LogP contribution >= 0.6 is 0 Å². The first-order valence-corrected chi connectivity index (χ1v) is 6.11. The van der Waals surface area contributed by atoms with E-state index in [0.717, 1.165) is 5.56 Å². The fourth-order valence-corrected chi connectivity index (χ4v) is 1.91. The zero-order valence-corrected chi connectivity index (χ0v) is 10.7. The Morgan fingerprint density at radius 1 is 1.37 bits per heavy atom. The van der Waals surface area contributed by atoms with E-state index in [0.29, 0.717) is 24.2 Å². The van der Waals surface area contributed by atoms with Crippen molar-refractivity contribution in [3.63, 3.8) is 0 Å². The Morgan fingerprint density at radius 3 is 2.84 bits per heavy atom. The average molecular weight is 261 g/mol. The van der Waals surface area contributed by atoms with Gasteiger partial charge in [0.15, 0.2) is 0 Å². The average Bonchev–Trinajstić information content (AvgIpc) is 2.45. The highest BCUT2D eigenvalue weighted by Crippen LogP contribution is 2.24. The molecule has 2 aromatic rings. The molecule has 1 heterocycles. The van der Waals surface area contributed by atoms with E-state index < -0.39 is 11.9 Å². The predicted molar refractivity (Wildman–Crippen MR) is 70.5 cm³/mol. The molecule has 4 heteroatoms. The van der Waals surface area contributed by atoms with E-state index >= 15 is 0 Å². The fraction of sp³-hybridized carbons (Fsp3) is 0.267. The lowest BCUT2D eigenvalue weighted by Gasteiger charge is -2.12. The minimum atomic E-state index is -0.828. The molecular weight excluding hydrogens is 245 g/mol. The first-order chi connectivity index (χ1) is 9.20. The number of pyridine rings is 1. The number of rotatable bonds is 5. The number of hydrogen-bond donors (Lipinski definition) is 1. The van der Waals surface area contributed by atoms with Crippen LogP contribution in [0.25, 0.3) is 0 Å². The summed E-state index contributed by atoms with van der Waals surface area (Å²) in [7, 11) is 1.48. The van der Waals surface area contributed by atoms with Crippen molar-refractivity contribution >= 4 is 0 Å². The van der Waals surface area contributed by atoms with Gasteiger partial charge in [0.2, 0.25) is 0 Å². The summed E-state index contributed by atoms with van der Waals surface area (Å²) in [5.41, 5.74) is 1.32. The second-order valence-corrected chi connectivity index (χ2v) is 4.30. The highest BCUT2D eigenvalue weighted by atomic mass is 19.1. The second-order valence-electron chi connectivity index (χ2n) is 4.30. The number of methoxy groups -OCH3 is 1. The number of aliphatic hydroxyl groups is 1. The number of halogens is 1. The summed E-state index contributed by atoms with van der Waals surface area (Å²) >= 11 is 0. The number of nitrogens with zero attached hydrogens (tertiary/aromatic N) is 1. The van der Waals surface area contributed by atoms with Crippen molar-refractivity contribution in [2.24, 2.45) is 0 Å². The van der Waals surface area contributed by atoms with Gasteiger partial charge in [-0.3, -0.25) is 4.98 Å². The van der Waals surface area contributed by atoms with Gasteiger partial charge in [0.05, 0.1) is 13.2 Å². The van der Waals surface area contributed by atoms with Crippen LogP contribution < -0.4 is 4.74 Å². The lowest BCUT2D eigenvalue weighted by molar-refractivity contribution is 0.163. The molecule has 1 aromatic heterocycles. The molecule has 0 bridgehead atoms. The van der Waals surface area contributed by atoms with Crippen LogP contribution in [-0.2, 0) is 6.42 Å². The van der Waals surface area contributed by atoms with Gasteiger partial charge in [-0.2, -0.15) is 0 Å². The monoisotopic (exact) mass is 261 g/mol. The highest BCUT2D eigenvalue weighted by Gasteiger charge is 2.13. The Morgan fingerprint density at radius 2 is 2.21 bits per heavy atom. The first kappa shape index (κ1) is 13.5. The fourth-order valence-electron chi connectivity index (χ4n) is 1.91. The Labute approximate surface area is 111 Å². The van der Waals surface area contributed by atoms with Gasteiger partial charge in [0.25, 0.3) is 0 Å². The van der Waals surface area contributed by atoms with E-state index in [1.165, 1.54) is 13.2 Å². The van der Waals surface area contributed by atoms with Crippen molar-refractivity contribution in [1.82, 2.24) is 4.98 Å². The maximum Gasteiger partial charge on any atom is 0.132 e. The van der Waals surface area contributed by atoms with Crippen LogP contribution in [0.2, 0.25) is 0 Å². The van der Waals surface area contributed by atoms with E-state index in [4.69, 9.17) is 4.74 Å². The lowest BCUT2D eigenvalue weighted by atomic mass is 10.0. The molecule has 19 heavy (non-hydrogen) atoms. The third kappa shape index (κ3) is 3.51. The summed E-state index contributed by atoms with van der Waals surface area (Å²) in [4.78, 5) is 4.00. The minimum Gasteiger partial charge on any atom is -0.497 e. The number of ether oxygens (including phenoxy) is 1. The van der Waals surface area contributed by atoms with Gasteiger partial charge in [-0.15, -0.1) is 0 Å². The molecule has 2 rings (SSSR count). The normalized spacial score (nSPS) is 12.2. The number of aliphatic hydroxyl groups excluding tert-OH is 1. The molecule has 0 aliphatic rings. The number of hydrogen-bond acceptors (Lipinski definition) is 3. The first-order valence-electron chi connectivity index (χ1n) is 6.11. The lowest BCUT2D eigenvalue weighted by Crippen LogP contribution is -2.03. The van der Waals surface area contributed by atoms with E-state index in [-0.39, 0.29) is 0 Å². The standard InChI is InChI=1S/C15H16FNO2/c1-19-12-5-6-13(14(16)9-12)15(18)7-4-11-3-2-8-17-10-11/h2-3,5-6,8-10,15,18H,4,7H2,1H3. The van der Waals surface area contributed by atoms with Crippen LogP contribution in [0.3, 0.4) is 0 Å². The quantitative estimate of drug-likeness (QED) is 0.899. The summed E-state index contributed by atoms with van der Waals surface area (Å²) in [5.74, 6) is -0.00116. The molecule has 0 radical (unpaired) electrons. The largest absolute Gasteiger partial charge is 0.497 e. The molecule has 0 aliphatic carbocycles. The van der Waals surface area contributed by atoms with E-state index in [2.05, 4.69) is 4.98 Å². The molecule has 0 amide bonds. The predicted octanol–water partition coefficient (Wildman–Crippen LogP) is 2.90. The molecule has 1 N–H and O–H groups in total. The van der Waals surface area contributed by atoms with Crippen LogP contribution in [0.1, 0.15) is 23.7 Å². The van der Waals surface area contributed by atoms with Crippen molar-refractivity contribution in [2.75, 3.05) is 7.11 Å². The van der Waals surface area contributed by atoms with Gasteiger partial charge >= 0.3 is 0 Å². The third-order valence-corrected chi connectivity index (χ3v) is 3.00. The third-order valence-electron chi connectivity index (χ3n) is 3.00. The zero-order valence-electron chi connectivity index (χ0n) is 10.7. The molecule has 0 spiro atoms. The maximum atomic E-state index is 13.8. The smallest absolute Gasteiger partial charge is 0.132 e. The summed E-state index contributed by atoms with van der Waals surface area (Å²) < 4.78 is 18.7. The molecule has 100 valence electrons. The Balaban J connectivity index is 2.02. The van der Waals surface area contributed by atoms with Crippen molar-refractivity contribution in [1.29, 1.82) is 0 Å². The minimum absolute atomic E-state index is 0.296. The van der Waals surface area contributed by atoms with Gasteiger partial charge in [-0.1, -0.05) is 6.07 Å². The van der Waals surface area contributed by atoms with Gasteiger partial charge in [0.1, 0.15) is 11.6 Å². The molecular formula is C15H16FNO2. The number of aromatic nitrogens is 1. The van der Waals surface area contributed by atoms with Crippen LogP contribution in [0.4, 0.5) is 4.39 Å². The van der Waals surface area contributed by atoms with E-state index in [1.54, 1.807) is 24.5 Å². The molecule has 0 saturated carbocycles. The van der Waals surface area contributed by atoms with Crippen LogP contribution in [0, 0.1) is 5.82 Å². The van der Waals surface area contributed by atoms with Crippen LogP contribution in [0.5, 0.6) is 5.75 Å². The summed E-state index contributed by atoms with van der Waals surface area (Å²) in [5, 5.41) is 10.0. The number of benzene rings is 1. The van der Waals surface area contributed by atoms with Gasteiger partial charge in [0, 0.05) is 24.0 Å². The Hall–Kier alpha value is -1.94. The van der Waals surface area contributed by atoms with E-state index in [1.807, 2.05) is 12.1 Å². The molecule has 0 fully saturated rings. The van der Waals surface area contributed by atoms with Crippen molar-refractivity contribution in [3.8, 4) is 5.75 Å². The SMILES string of the molecule is COc1ccc(C(O)CCc2cccnc2)c(F)c1. The van der Waals surface area contributed by atoms with E-state index in [9.17, 15) is 9.50 Å².